The largest absolute Gasteiger partial charge is 0.456 e. The smallest absolute Gasteiger partial charge is 0.136 e. The van der Waals surface area contributed by atoms with Gasteiger partial charge in [0.1, 0.15) is 11.2 Å². The predicted molar refractivity (Wildman–Crippen MR) is 165 cm³/mol. The number of para-hydroxylation sites is 1. The van der Waals surface area contributed by atoms with Crippen molar-refractivity contribution < 1.29 is 4.42 Å². The lowest BCUT2D eigenvalue weighted by molar-refractivity contribution is 0.669. The summed E-state index contributed by atoms with van der Waals surface area (Å²) in [4.78, 5) is 0. The summed E-state index contributed by atoms with van der Waals surface area (Å²) in [6.07, 6.45) is 0. The first kappa shape index (κ1) is 21.9. The van der Waals surface area contributed by atoms with Gasteiger partial charge >= 0.3 is 0 Å². The van der Waals surface area contributed by atoms with Crippen molar-refractivity contribution in [1.29, 1.82) is 0 Å². The third kappa shape index (κ3) is 3.48. The molecule has 0 radical (unpaired) electrons. The van der Waals surface area contributed by atoms with Gasteiger partial charge in [-0.25, -0.2) is 0 Å². The molecule has 0 saturated heterocycles. The fourth-order valence-corrected chi connectivity index (χ4v) is 6.10. The number of hydrogen-bond acceptors (Lipinski definition) is 1. The molecule has 0 aliphatic rings. The number of rotatable bonds is 3. The second-order valence-electron chi connectivity index (χ2n) is 10.1. The quantitative estimate of drug-likeness (QED) is 0.222. The maximum Gasteiger partial charge on any atom is 0.136 e. The summed E-state index contributed by atoms with van der Waals surface area (Å²) in [5.74, 6) is 0. The predicted octanol–water partition coefficient (Wildman–Crippen LogP) is 10.9. The second kappa shape index (κ2) is 8.72. The molecule has 1 heteroatoms. The molecule has 182 valence electrons. The molecule has 0 aliphatic heterocycles. The van der Waals surface area contributed by atoms with Crippen molar-refractivity contribution in [3.8, 4) is 33.4 Å². The second-order valence-corrected chi connectivity index (χ2v) is 10.1. The van der Waals surface area contributed by atoms with E-state index in [2.05, 4.69) is 133 Å². The van der Waals surface area contributed by atoms with E-state index in [1.807, 2.05) is 12.1 Å². The molecule has 8 rings (SSSR count). The van der Waals surface area contributed by atoms with Crippen LogP contribution in [-0.2, 0) is 0 Å². The Balaban J connectivity index is 1.51. The Labute approximate surface area is 226 Å². The van der Waals surface area contributed by atoms with Gasteiger partial charge in [0.05, 0.1) is 0 Å². The zero-order chi connectivity index (χ0) is 25.8. The molecule has 7 aromatic carbocycles. The van der Waals surface area contributed by atoms with Crippen LogP contribution >= 0.6 is 0 Å². The standard InChI is InChI=1S/C38H24O/c1-3-11-25(12-4-1)27-19-22-33-34(23-27)38(28-20-21-30-29-15-9-10-18-35(29)39-36(30)24-28)32-17-8-7-16-31(32)37(33)26-13-5-2-6-14-26/h1-24H. The van der Waals surface area contributed by atoms with Crippen LogP contribution in [-0.4, -0.2) is 0 Å². The van der Waals surface area contributed by atoms with Crippen LogP contribution in [0, 0.1) is 0 Å². The van der Waals surface area contributed by atoms with Crippen molar-refractivity contribution in [1.82, 2.24) is 0 Å². The van der Waals surface area contributed by atoms with Crippen LogP contribution in [0.5, 0.6) is 0 Å². The lowest BCUT2D eigenvalue weighted by atomic mass is 9.84. The van der Waals surface area contributed by atoms with Crippen molar-refractivity contribution in [2.45, 2.75) is 0 Å². The van der Waals surface area contributed by atoms with Gasteiger partial charge in [0, 0.05) is 10.8 Å². The average molecular weight is 497 g/mol. The minimum atomic E-state index is 0.914. The van der Waals surface area contributed by atoms with Crippen LogP contribution < -0.4 is 0 Å². The summed E-state index contributed by atoms with van der Waals surface area (Å²) >= 11 is 0. The van der Waals surface area contributed by atoms with E-state index < -0.39 is 0 Å². The fourth-order valence-electron chi connectivity index (χ4n) is 6.10. The van der Waals surface area contributed by atoms with Gasteiger partial charge < -0.3 is 4.42 Å². The molecule has 1 nitrogen and oxygen atoms in total. The van der Waals surface area contributed by atoms with Crippen molar-refractivity contribution in [3.63, 3.8) is 0 Å². The van der Waals surface area contributed by atoms with E-state index in [-0.39, 0.29) is 0 Å². The van der Waals surface area contributed by atoms with E-state index in [1.54, 1.807) is 0 Å². The van der Waals surface area contributed by atoms with E-state index in [4.69, 9.17) is 4.42 Å². The molecule has 0 atom stereocenters. The van der Waals surface area contributed by atoms with Crippen LogP contribution in [0.1, 0.15) is 0 Å². The molecule has 0 bridgehead atoms. The Kier molecular flexibility index (Phi) is 4.89. The zero-order valence-corrected chi connectivity index (χ0v) is 21.3. The molecular formula is C38H24O. The molecule has 0 spiro atoms. The van der Waals surface area contributed by atoms with E-state index in [0.29, 0.717) is 0 Å². The fraction of sp³-hybridized carbons (Fsp3) is 0. The summed E-state index contributed by atoms with van der Waals surface area (Å²) in [5.41, 5.74) is 9.16. The van der Waals surface area contributed by atoms with Crippen molar-refractivity contribution in [2.24, 2.45) is 0 Å². The normalized spacial score (nSPS) is 11.6. The third-order valence-corrected chi connectivity index (χ3v) is 7.86. The Morgan fingerprint density at radius 2 is 0.795 bits per heavy atom. The van der Waals surface area contributed by atoms with Gasteiger partial charge in [-0.2, -0.15) is 0 Å². The molecule has 0 aliphatic carbocycles. The van der Waals surface area contributed by atoms with Crippen molar-refractivity contribution in [3.05, 3.63) is 146 Å². The average Bonchev–Trinajstić information content (AvgIpc) is 3.38. The van der Waals surface area contributed by atoms with Crippen LogP contribution in [0.25, 0.3) is 76.9 Å². The molecule has 0 fully saturated rings. The highest BCUT2D eigenvalue weighted by atomic mass is 16.3. The van der Waals surface area contributed by atoms with Gasteiger partial charge in [-0.15, -0.1) is 0 Å². The monoisotopic (exact) mass is 496 g/mol. The highest BCUT2D eigenvalue weighted by Gasteiger charge is 2.18. The van der Waals surface area contributed by atoms with Gasteiger partial charge in [-0.3, -0.25) is 0 Å². The van der Waals surface area contributed by atoms with Gasteiger partial charge in [0.25, 0.3) is 0 Å². The van der Waals surface area contributed by atoms with Gasteiger partial charge in [0.15, 0.2) is 0 Å². The maximum absolute atomic E-state index is 6.32. The van der Waals surface area contributed by atoms with Gasteiger partial charge in [-0.1, -0.05) is 121 Å². The number of hydrogen-bond donors (Lipinski definition) is 0. The highest BCUT2D eigenvalue weighted by molar-refractivity contribution is 6.22. The first-order chi connectivity index (χ1) is 19.3. The minimum Gasteiger partial charge on any atom is -0.456 e. The number of fused-ring (bicyclic) bond motifs is 5. The molecule has 1 heterocycles. The molecule has 39 heavy (non-hydrogen) atoms. The molecular weight excluding hydrogens is 472 g/mol. The summed E-state index contributed by atoms with van der Waals surface area (Å²) < 4.78 is 6.32. The summed E-state index contributed by atoms with van der Waals surface area (Å²) in [6.45, 7) is 0. The van der Waals surface area contributed by atoms with Crippen LogP contribution in [0.3, 0.4) is 0 Å². The number of benzene rings is 7. The Morgan fingerprint density at radius 1 is 0.282 bits per heavy atom. The molecule has 0 unspecified atom stereocenters. The SMILES string of the molecule is c1ccc(-c2ccc3c(-c4ccccc4)c4ccccc4c(-c4ccc5c(c4)oc4ccccc45)c3c2)cc1. The van der Waals surface area contributed by atoms with Gasteiger partial charge in [-0.05, 0) is 79.2 Å². The topological polar surface area (TPSA) is 13.1 Å². The zero-order valence-electron chi connectivity index (χ0n) is 21.3. The van der Waals surface area contributed by atoms with E-state index >= 15 is 0 Å². The Morgan fingerprint density at radius 3 is 1.54 bits per heavy atom. The maximum atomic E-state index is 6.32. The van der Waals surface area contributed by atoms with E-state index in [0.717, 1.165) is 27.5 Å². The first-order valence-electron chi connectivity index (χ1n) is 13.4. The summed E-state index contributed by atoms with van der Waals surface area (Å²) in [6, 6.07) is 52.1. The number of furan rings is 1. The van der Waals surface area contributed by atoms with Crippen LogP contribution in [0.15, 0.2) is 150 Å². The molecule has 1 aromatic heterocycles. The minimum absolute atomic E-state index is 0.914. The highest BCUT2D eigenvalue weighted by Crippen LogP contribution is 2.45. The van der Waals surface area contributed by atoms with Crippen LogP contribution in [0.2, 0.25) is 0 Å². The molecule has 0 N–H and O–H groups in total. The molecule has 8 aromatic rings. The van der Waals surface area contributed by atoms with E-state index in [9.17, 15) is 0 Å². The van der Waals surface area contributed by atoms with Crippen molar-refractivity contribution >= 4 is 43.5 Å². The van der Waals surface area contributed by atoms with Crippen LogP contribution in [0.4, 0.5) is 0 Å². The Hall–Kier alpha value is -5.14. The lowest BCUT2D eigenvalue weighted by Crippen LogP contribution is -1.91. The third-order valence-electron chi connectivity index (χ3n) is 7.86. The lowest BCUT2D eigenvalue weighted by Gasteiger charge is -2.18. The first-order valence-corrected chi connectivity index (χ1v) is 13.4. The molecule has 0 saturated carbocycles. The summed E-state index contributed by atoms with van der Waals surface area (Å²) in [5, 5.41) is 7.28. The Bertz CT molecular complexity index is 2150. The molecule has 0 amide bonds. The van der Waals surface area contributed by atoms with Crippen molar-refractivity contribution in [2.75, 3.05) is 0 Å². The van der Waals surface area contributed by atoms with E-state index in [1.165, 1.54) is 49.4 Å². The summed E-state index contributed by atoms with van der Waals surface area (Å²) in [7, 11) is 0. The van der Waals surface area contributed by atoms with Gasteiger partial charge in [0.2, 0.25) is 0 Å².